The maximum absolute atomic E-state index is 12.5. The summed E-state index contributed by atoms with van der Waals surface area (Å²) in [7, 11) is 1.44. The van der Waals surface area contributed by atoms with Gasteiger partial charge < -0.3 is 5.32 Å². The standard InChI is InChI=1S/C14H27NOS/c1-15-13-9-3-2-4-10-14(13)17(16)11-12-7-5-6-8-12/h12-15H,2-11H2,1H3. The second kappa shape index (κ2) is 6.89. The predicted octanol–water partition coefficient (Wildman–Crippen LogP) is 2.85. The van der Waals surface area contributed by atoms with E-state index in [0.717, 1.165) is 11.7 Å². The van der Waals surface area contributed by atoms with Gasteiger partial charge in [0.05, 0.1) is 5.25 Å². The van der Waals surface area contributed by atoms with Crippen LogP contribution in [0.3, 0.4) is 0 Å². The molecule has 2 aliphatic rings. The molecule has 3 heteroatoms. The first-order valence-electron chi connectivity index (χ1n) is 7.35. The van der Waals surface area contributed by atoms with Gasteiger partial charge in [-0.15, -0.1) is 0 Å². The molecule has 0 heterocycles. The number of nitrogens with one attached hydrogen (secondary N) is 1. The molecule has 0 aliphatic heterocycles. The third-order valence-electron chi connectivity index (χ3n) is 4.54. The normalized spacial score (nSPS) is 33.5. The van der Waals surface area contributed by atoms with Crippen LogP contribution in [0.25, 0.3) is 0 Å². The van der Waals surface area contributed by atoms with Crippen LogP contribution >= 0.6 is 0 Å². The summed E-state index contributed by atoms with van der Waals surface area (Å²) >= 11 is 0. The smallest absolute Gasteiger partial charge is 0.0501 e. The van der Waals surface area contributed by atoms with Gasteiger partial charge in [0.2, 0.25) is 0 Å². The molecule has 0 amide bonds. The van der Waals surface area contributed by atoms with E-state index in [4.69, 9.17) is 0 Å². The summed E-state index contributed by atoms with van der Waals surface area (Å²) in [5.41, 5.74) is 0. The molecule has 0 aromatic carbocycles. The third kappa shape index (κ3) is 3.78. The van der Waals surface area contributed by atoms with Crippen LogP contribution in [0.4, 0.5) is 0 Å². The summed E-state index contributed by atoms with van der Waals surface area (Å²) in [6, 6.07) is 0.500. The van der Waals surface area contributed by atoms with E-state index in [1.165, 1.54) is 57.8 Å². The zero-order chi connectivity index (χ0) is 12.1. The molecule has 3 atom stereocenters. The molecular weight excluding hydrogens is 230 g/mol. The van der Waals surface area contributed by atoms with Crippen molar-refractivity contribution in [1.29, 1.82) is 0 Å². The lowest BCUT2D eigenvalue weighted by atomic mass is 10.1. The van der Waals surface area contributed by atoms with Crippen molar-refractivity contribution < 1.29 is 4.21 Å². The summed E-state index contributed by atoms with van der Waals surface area (Å²) in [4.78, 5) is 0. The van der Waals surface area contributed by atoms with Gasteiger partial charge in [0.25, 0.3) is 0 Å². The highest BCUT2D eigenvalue weighted by molar-refractivity contribution is 7.85. The summed E-state index contributed by atoms with van der Waals surface area (Å²) in [5.74, 6) is 1.74. The minimum absolute atomic E-state index is 0.420. The Morgan fingerprint density at radius 1 is 1.00 bits per heavy atom. The maximum atomic E-state index is 12.5. The molecular formula is C14H27NOS. The van der Waals surface area contributed by atoms with E-state index in [1.807, 2.05) is 7.05 Å². The van der Waals surface area contributed by atoms with Crippen LogP contribution in [0.15, 0.2) is 0 Å². The van der Waals surface area contributed by atoms with Gasteiger partial charge in [0, 0.05) is 22.6 Å². The molecule has 0 aromatic heterocycles. The van der Waals surface area contributed by atoms with E-state index >= 15 is 0 Å². The minimum atomic E-state index is -0.600. The molecule has 0 saturated heterocycles. The average molecular weight is 257 g/mol. The molecule has 0 bridgehead atoms. The first-order chi connectivity index (χ1) is 8.31. The van der Waals surface area contributed by atoms with Crippen molar-refractivity contribution in [2.75, 3.05) is 12.8 Å². The molecule has 0 radical (unpaired) electrons. The van der Waals surface area contributed by atoms with Gasteiger partial charge in [-0.3, -0.25) is 4.21 Å². The van der Waals surface area contributed by atoms with Crippen LogP contribution in [0, 0.1) is 5.92 Å². The quantitative estimate of drug-likeness (QED) is 0.785. The van der Waals surface area contributed by atoms with Crippen LogP contribution < -0.4 is 5.32 Å². The van der Waals surface area contributed by atoms with E-state index in [2.05, 4.69) is 5.32 Å². The maximum Gasteiger partial charge on any atom is 0.0501 e. The van der Waals surface area contributed by atoms with Gasteiger partial charge in [-0.2, -0.15) is 0 Å². The molecule has 0 aromatic rings. The molecule has 2 nitrogen and oxygen atoms in total. The summed E-state index contributed by atoms with van der Waals surface area (Å²) in [6.07, 6.45) is 11.7. The average Bonchev–Trinajstić information content (AvgIpc) is 2.71. The van der Waals surface area contributed by atoms with Gasteiger partial charge in [-0.05, 0) is 38.6 Å². The lowest BCUT2D eigenvalue weighted by Crippen LogP contribution is -2.40. The second-order valence-corrected chi connectivity index (χ2v) is 7.47. The number of rotatable bonds is 4. The number of hydrogen-bond donors (Lipinski definition) is 1. The fourth-order valence-corrected chi connectivity index (χ4v) is 5.56. The highest BCUT2D eigenvalue weighted by Crippen LogP contribution is 2.28. The van der Waals surface area contributed by atoms with Gasteiger partial charge in [-0.1, -0.05) is 32.1 Å². The highest BCUT2D eigenvalue weighted by Gasteiger charge is 2.29. The number of hydrogen-bond acceptors (Lipinski definition) is 2. The third-order valence-corrected chi connectivity index (χ3v) is 6.58. The summed E-state index contributed by atoms with van der Waals surface area (Å²) in [6.45, 7) is 0. The van der Waals surface area contributed by atoms with E-state index in [1.54, 1.807) is 0 Å². The van der Waals surface area contributed by atoms with Crippen molar-refractivity contribution in [3.05, 3.63) is 0 Å². The fraction of sp³-hybridized carbons (Fsp3) is 1.00. The Kier molecular flexibility index (Phi) is 5.49. The zero-order valence-electron chi connectivity index (χ0n) is 11.1. The van der Waals surface area contributed by atoms with Gasteiger partial charge >= 0.3 is 0 Å². The Labute approximate surface area is 108 Å². The van der Waals surface area contributed by atoms with Crippen molar-refractivity contribution in [2.45, 2.75) is 69.1 Å². The SMILES string of the molecule is CNC1CCCCCC1S(=O)CC1CCCC1. The molecule has 17 heavy (non-hydrogen) atoms. The van der Waals surface area contributed by atoms with Crippen LogP contribution in [-0.2, 0) is 10.8 Å². The van der Waals surface area contributed by atoms with E-state index < -0.39 is 10.8 Å². The molecule has 3 unspecified atom stereocenters. The van der Waals surface area contributed by atoms with Crippen LogP contribution in [0.5, 0.6) is 0 Å². The fourth-order valence-electron chi connectivity index (χ4n) is 3.45. The zero-order valence-corrected chi connectivity index (χ0v) is 11.9. The first-order valence-corrected chi connectivity index (χ1v) is 8.74. The molecule has 2 aliphatic carbocycles. The molecule has 1 N–H and O–H groups in total. The summed E-state index contributed by atoms with van der Waals surface area (Å²) < 4.78 is 12.5. The van der Waals surface area contributed by atoms with Crippen molar-refractivity contribution in [2.24, 2.45) is 5.92 Å². The lowest BCUT2D eigenvalue weighted by Gasteiger charge is -2.25. The monoisotopic (exact) mass is 257 g/mol. The Hall–Kier alpha value is 0.110. The van der Waals surface area contributed by atoms with Gasteiger partial charge in [-0.25, -0.2) is 0 Å². The first kappa shape index (κ1) is 13.5. The van der Waals surface area contributed by atoms with Gasteiger partial charge in [0.15, 0.2) is 0 Å². The molecule has 2 saturated carbocycles. The van der Waals surface area contributed by atoms with E-state index in [0.29, 0.717) is 11.3 Å². The topological polar surface area (TPSA) is 29.1 Å². The molecule has 100 valence electrons. The van der Waals surface area contributed by atoms with Gasteiger partial charge in [0.1, 0.15) is 0 Å². The summed E-state index contributed by atoms with van der Waals surface area (Å²) in [5, 5.41) is 3.83. The molecule has 0 spiro atoms. The van der Waals surface area contributed by atoms with Crippen LogP contribution in [0.2, 0.25) is 0 Å². The van der Waals surface area contributed by atoms with E-state index in [9.17, 15) is 4.21 Å². The largest absolute Gasteiger partial charge is 0.316 e. The van der Waals surface area contributed by atoms with Crippen molar-refractivity contribution >= 4 is 10.8 Å². The van der Waals surface area contributed by atoms with Crippen LogP contribution in [-0.4, -0.2) is 28.3 Å². The van der Waals surface area contributed by atoms with E-state index in [-0.39, 0.29) is 0 Å². The second-order valence-electron chi connectivity index (χ2n) is 5.77. The van der Waals surface area contributed by atoms with Crippen LogP contribution in [0.1, 0.15) is 57.8 Å². The molecule has 2 fully saturated rings. The van der Waals surface area contributed by atoms with Crippen molar-refractivity contribution in [1.82, 2.24) is 5.32 Å². The Morgan fingerprint density at radius 3 is 2.35 bits per heavy atom. The Bertz CT molecular complexity index is 251. The minimum Gasteiger partial charge on any atom is -0.316 e. The highest BCUT2D eigenvalue weighted by atomic mass is 32.2. The lowest BCUT2D eigenvalue weighted by molar-refractivity contribution is 0.496. The Morgan fingerprint density at radius 2 is 1.65 bits per heavy atom. The Balaban J connectivity index is 1.89. The van der Waals surface area contributed by atoms with Crippen molar-refractivity contribution in [3.63, 3.8) is 0 Å². The predicted molar refractivity (Wildman–Crippen MR) is 74.7 cm³/mol. The molecule has 2 rings (SSSR count). The van der Waals surface area contributed by atoms with Crippen molar-refractivity contribution in [3.8, 4) is 0 Å².